The van der Waals surface area contributed by atoms with Gasteiger partial charge in [-0.2, -0.15) is 0 Å². The zero-order valence-corrected chi connectivity index (χ0v) is 8.21. The molecule has 1 unspecified atom stereocenters. The van der Waals surface area contributed by atoms with E-state index in [-0.39, 0.29) is 6.42 Å². The summed E-state index contributed by atoms with van der Waals surface area (Å²) in [6.07, 6.45) is 0.409. The van der Waals surface area contributed by atoms with Gasteiger partial charge in [0, 0.05) is 18.3 Å². The molecule has 0 aliphatic rings. The molecule has 11 heavy (non-hydrogen) atoms. The number of carboxylic acids is 1. The Balaban J connectivity index is 3.99. The first-order valence-corrected chi connectivity index (χ1v) is 4.27. The number of hydrogen-bond acceptors (Lipinski definition) is 2. The van der Waals surface area contributed by atoms with Crippen LogP contribution in [-0.2, 0) is 4.79 Å². The number of carbonyl (C=O) groups excluding carboxylic acids is 1. The molecule has 66 valence electrons. The fourth-order valence-electron chi connectivity index (χ4n) is 0.674. The maximum absolute atomic E-state index is 10.3. The van der Waals surface area contributed by atoms with E-state index < -0.39 is 15.7 Å². The number of carboxylic acid groups (broad SMARTS) is 1. The van der Waals surface area contributed by atoms with Gasteiger partial charge in [0.25, 0.3) is 0 Å². The van der Waals surface area contributed by atoms with E-state index in [0.29, 0.717) is 6.42 Å². The van der Waals surface area contributed by atoms with Gasteiger partial charge in [0.2, 0.25) is 0 Å². The van der Waals surface area contributed by atoms with Crippen LogP contribution in [0.4, 0.5) is 0 Å². The van der Waals surface area contributed by atoms with Crippen molar-refractivity contribution in [1.82, 2.24) is 0 Å². The van der Waals surface area contributed by atoms with Gasteiger partial charge in [-0.15, -0.1) is 0 Å². The highest BCUT2D eigenvalue weighted by Crippen LogP contribution is 2.34. The second kappa shape index (κ2) is 4.39. The van der Waals surface area contributed by atoms with Gasteiger partial charge in [-0.3, -0.25) is 0 Å². The third-order valence-corrected chi connectivity index (χ3v) is 1.77. The standard InChI is InChI=1S/C6H9Cl3O2/c1-2-4(5(10)11)3-6(7,8)9/h4H,2-3H2,1H3,(H,10,11)/p-1. The molecule has 0 aliphatic carbocycles. The molecule has 0 saturated heterocycles. The van der Waals surface area contributed by atoms with Gasteiger partial charge in [0.15, 0.2) is 3.79 Å². The monoisotopic (exact) mass is 217 g/mol. The van der Waals surface area contributed by atoms with E-state index in [1.165, 1.54) is 0 Å². The lowest BCUT2D eigenvalue weighted by Gasteiger charge is -2.20. The molecule has 0 saturated carbocycles. The minimum atomic E-state index is -1.50. The van der Waals surface area contributed by atoms with E-state index in [1.807, 2.05) is 0 Å². The Hall–Kier alpha value is 0.340. The molecule has 0 fully saturated rings. The van der Waals surface area contributed by atoms with Crippen LogP contribution in [-0.4, -0.2) is 9.76 Å². The molecule has 0 aromatic carbocycles. The average Bonchev–Trinajstić information content (AvgIpc) is 1.80. The van der Waals surface area contributed by atoms with Crippen LogP contribution >= 0.6 is 34.8 Å². The summed E-state index contributed by atoms with van der Waals surface area (Å²) in [5.74, 6) is -1.85. The van der Waals surface area contributed by atoms with Gasteiger partial charge in [-0.05, 0) is 6.42 Å². The van der Waals surface area contributed by atoms with E-state index in [0.717, 1.165) is 0 Å². The molecule has 0 amide bonds. The molecule has 0 bridgehead atoms. The summed E-state index contributed by atoms with van der Waals surface area (Å²) in [6.45, 7) is 1.71. The van der Waals surface area contributed by atoms with Gasteiger partial charge >= 0.3 is 0 Å². The molecule has 1 atom stereocenters. The van der Waals surface area contributed by atoms with Crippen LogP contribution in [0.15, 0.2) is 0 Å². The number of aliphatic carboxylic acids is 1. The number of hydrogen-bond donors (Lipinski definition) is 0. The maximum atomic E-state index is 10.3. The van der Waals surface area contributed by atoms with Crippen LogP contribution in [0.5, 0.6) is 0 Å². The van der Waals surface area contributed by atoms with Crippen molar-refractivity contribution < 1.29 is 9.90 Å². The Kier molecular flexibility index (Phi) is 4.52. The summed E-state index contributed by atoms with van der Waals surface area (Å²) in [5, 5.41) is 10.3. The SMILES string of the molecule is CCC(CC(Cl)(Cl)Cl)C(=O)[O-]. The van der Waals surface area contributed by atoms with E-state index in [9.17, 15) is 9.90 Å². The summed E-state index contributed by atoms with van der Waals surface area (Å²) in [5.41, 5.74) is 0. The Bertz CT molecular complexity index is 141. The highest BCUT2D eigenvalue weighted by Gasteiger charge is 2.24. The van der Waals surface area contributed by atoms with Crippen molar-refractivity contribution in [2.45, 2.75) is 23.6 Å². The smallest absolute Gasteiger partial charge is 0.191 e. The van der Waals surface area contributed by atoms with E-state index >= 15 is 0 Å². The average molecular weight is 218 g/mol. The lowest BCUT2D eigenvalue weighted by atomic mass is 10.0. The summed E-state index contributed by atoms with van der Waals surface area (Å²) < 4.78 is -1.50. The Morgan fingerprint density at radius 2 is 2.00 bits per heavy atom. The molecule has 0 aliphatic heterocycles. The largest absolute Gasteiger partial charge is 0.550 e. The van der Waals surface area contributed by atoms with Crippen LogP contribution in [0.1, 0.15) is 19.8 Å². The molecular weight excluding hydrogens is 210 g/mol. The predicted octanol–water partition coefficient (Wildman–Crippen LogP) is 1.52. The fourth-order valence-corrected chi connectivity index (χ4v) is 1.23. The second-order valence-corrected chi connectivity index (χ2v) is 4.76. The maximum Gasteiger partial charge on any atom is 0.191 e. The first-order chi connectivity index (χ1) is 4.87. The number of carbonyl (C=O) groups is 1. The summed E-state index contributed by atoms with van der Waals surface area (Å²) in [6, 6.07) is 0. The van der Waals surface area contributed by atoms with Crippen molar-refractivity contribution in [2.75, 3.05) is 0 Å². The molecule has 0 spiro atoms. The molecule has 0 aromatic rings. The number of rotatable bonds is 3. The molecule has 0 heterocycles. The minimum Gasteiger partial charge on any atom is -0.550 e. The number of alkyl halides is 3. The van der Waals surface area contributed by atoms with Gasteiger partial charge in [-0.25, -0.2) is 0 Å². The quantitative estimate of drug-likeness (QED) is 0.674. The van der Waals surface area contributed by atoms with Crippen LogP contribution in [0.3, 0.4) is 0 Å². The molecule has 2 nitrogen and oxygen atoms in total. The van der Waals surface area contributed by atoms with Gasteiger partial charge < -0.3 is 9.90 Å². The first kappa shape index (κ1) is 11.3. The van der Waals surface area contributed by atoms with Crippen LogP contribution in [0.25, 0.3) is 0 Å². The Morgan fingerprint density at radius 3 is 2.09 bits per heavy atom. The Labute approximate surface area is 80.4 Å². The van der Waals surface area contributed by atoms with E-state index in [4.69, 9.17) is 34.8 Å². The van der Waals surface area contributed by atoms with Gasteiger partial charge in [0.05, 0.1) is 0 Å². The molecule has 0 rings (SSSR count). The van der Waals surface area contributed by atoms with Crippen molar-refractivity contribution in [3.05, 3.63) is 0 Å². The van der Waals surface area contributed by atoms with Crippen LogP contribution in [0.2, 0.25) is 0 Å². The van der Waals surface area contributed by atoms with Crippen molar-refractivity contribution in [3.8, 4) is 0 Å². The van der Waals surface area contributed by atoms with Crippen LogP contribution in [0, 0.1) is 5.92 Å². The zero-order valence-electron chi connectivity index (χ0n) is 5.94. The second-order valence-electron chi connectivity index (χ2n) is 2.24. The third-order valence-electron chi connectivity index (χ3n) is 1.30. The molecular formula is C6H8Cl3O2-. The first-order valence-electron chi connectivity index (χ1n) is 3.14. The minimum absolute atomic E-state index is 0.00347. The van der Waals surface area contributed by atoms with Crippen molar-refractivity contribution in [1.29, 1.82) is 0 Å². The Morgan fingerprint density at radius 1 is 1.55 bits per heavy atom. The zero-order chi connectivity index (χ0) is 9.07. The molecule has 5 heteroatoms. The topological polar surface area (TPSA) is 40.1 Å². The lowest BCUT2D eigenvalue weighted by Crippen LogP contribution is -2.33. The third kappa shape index (κ3) is 5.59. The molecule has 0 aromatic heterocycles. The summed E-state index contributed by atoms with van der Waals surface area (Å²) >= 11 is 16.2. The van der Waals surface area contributed by atoms with Crippen molar-refractivity contribution in [3.63, 3.8) is 0 Å². The van der Waals surface area contributed by atoms with Crippen molar-refractivity contribution >= 4 is 40.8 Å². The fraction of sp³-hybridized carbons (Fsp3) is 0.833. The van der Waals surface area contributed by atoms with Crippen molar-refractivity contribution in [2.24, 2.45) is 5.92 Å². The highest BCUT2D eigenvalue weighted by atomic mass is 35.6. The van der Waals surface area contributed by atoms with E-state index in [1.54, 1.807) is 6.92 Å². The normalized spacial score (nSPS) is 14.5. The number of halogens is 3. The molecule has 0 N–H and O–H groups in total. The van der Waals surface area contributed by atoms with E-state index in [2.05, 4.69) is 0 Å². The van der Waals surface area contributed by atoms with Crippen LogP contribution < -0.4 is 5.11 Å². The molecule has 0 radical (unpaired) electrons. The predicted molar refractivity (Wildman–Crippen MR) is 43.7 cm³/mol. The summed E-state index contributed by atoms with van der Waals surface area (Å²) in [7, 11) is 0. The van der Waals surface area contributed by atoms with Gasteiger partial charge in [-0.1, -0.05) is 41.7 Å². The van der Waals surface area contributed by atoms with Gasteiger partial charge in [0.1, 0.15) is 0 Å². The highest BCUT2D eigenvalue weighted by molar-refractivity contribution is 6.67. The lowest BCUT2D eigenvalue weighted by molar-refractivity contribution is -0.311. The summed E-state index contributed by atoms with van der Waals surface area (Å²) in [4.78, 5) is 10.3.